The Morgan fingerprint density at radius 3 is 2.60 bits per heavy atom. The van der Waals surface area contributed by atoms with Crippen molar-refractivity contribution in [1.29, 1.82) is 0 Å². The molecule has 1 N–H and O–H groups in total. The van der Waals surface area contributed by atoms with Crippen LogP contribution in [0.25, 0.3) is 0 Å². The van der Waals surface area contributed by atoms with Crippen molar-refractivity contribution in [1.82, 2.24) is 5.43 Å². The van der Waals surface area contributed by atoms with Crippen molar-refractivity contribution < 1.29 is 4.79 Å². The maximum absolute atomic E-state index is 11.7. The van der Waals surface area contributed by atoms with E-state index < -0.39 is 0 Å². The first-order valence-electron chi connectivity index (χ1n) is 6.90. The maximum atomic E-state index is 11.7. The van der Waals surface area contributed by atoms with Crippen LogP contribution in [0.2, 0.25) is 5.02 Å². The van der Waals surface area contributed by atoms with Gasteiger partial charge in [0.25, 0.3) is 0 Å². The summed E-state index contributed by atoms with van der Waals surface area (Å²) >= 11 is 7.41. The molecule has 1 amide bonds. The standard InChI is InChI=1S/C15H19ClN2OS/c16-13-8-6-12(7-9-13)10-20-11-15(19)18-17-14-4-2-1-3-5-14/h6-9H,1-5,10-11H2,(H,18,19). The minimum absolute atomic E-state index is 0.0259. The summed E-state index contributed by atoms with van der Waals surface area (Å²) in [6, 6.07) is 7.70. The first-order chi connectivity index (χ1) is 9.74. The summed E-state index contributed by atoms with van der Waals surface area (Å²) in [7, 11) is 0. The predicted octanol–water partition coefficient (Wildman–Crippen LogP) is 4.01. The topological polar surface area (TPSA) is 41.5 Å². The number of rotatable bonds is 5. The van der Waals surface area contributed by atoms with Gasteiger partial charge in [0.05, 0.1) is 5.75 Å². The molecule has 0 heterocycles. The zero-order valence-electron chi connectivity index (χ0n) is 11.4. The van der Waals surface area contributed by atoms with Gasteiger partial charge in [0, 0.05) is 16.5 Å². The lowest BCUT2D eigenvalue weighted by Gasteiger charge is -2.11. The Morgan fingerprint density at radius 2 is 1.90 bits per heavy atom. The lowest BCUT2D eigenvalue weighted by atomic mass is 9.99. The zero-order chi connectivity index (χ0) is 14.2. The minimum atomic E-state index is -0.0259. The van der Waals surface area contributed by atoms with Gasteiger partial charge in [-0.2, -0.15) is 5.10 Å². The van der Waals surface area contributed by atoms with Crippen molar-refractivity contribution in [2.75, 3.05) is 5.75 Å². The molecule has 1 fully saturated rings. The van der Waals surface area contributed by atoms with Gasteiger partial charge in [-0.15, -0.1) is 11.8 Å². The van der Waals surface area contributed by atoms with E-state index in [1.807, 2.05) is 24.3 Å². The summed E-state index contributed by atoms with van der Waals surface area (Å²) < 4.78 is 0. The Morgan fingerprint density at radius 1 is 1.20 bits per heavy atom. The number of carbonyl (C=O) groups excluding carboxylic acids is 1. The number of benzene rings is 1. The average molecular weight is 311 g/mol. The third-order valence-corrected chi connectivity index (χ3v) is 4.44. The largest absolute Gasteiger partial charge is 0.272 e. The molecule has 108 valence electrons. The molecule has 20 heavy (non-hydrogen) atoms. The Hall–Kier alpha value is -1.00. The number of amides is 1. The summed E-state index contributed by atoms with van der Waals surface area (Å²) in [6.45, 7) is 0. The van der Waals surface area contributed by atoms with E-state index in [0.717, 1.165) is 29.3 Å². The molecule has 0 aromatic heterocycles. The van der Waals surface area contributed by atoms with Crippen LogP contribution < -0.4 is 5.43 Å². The highest BCUT2D eigenvalue weighted by molar-refractivity contribution is 7.99. The second-order valence-electron chi connectivity index (χ2n) is 4.89. The van der Waals surface area contributed by atoms with Crippen molar-refractivity contribution in [3.63, 3.8) is 0 Å². The van der Waals surface area contributed by atoms with Gasteiger partial charge in [0.1, 0.15) is 0 Å². The summed E-state index contributed by atoms with van der Waals surface area (Å²) in [6.07, 6.45) is 5.72. The summed E-state index contributed by atoms with van der Waals surface area (Å²) in [5.41, 5.74) is 4.96. The van der Waals surface area contributed by atoms with Gasteiger partial charge >= 0.3 is 0 Å². The second-order valence-corrected chi connectivity index (χ2v) is 6.31. The van der Waals surface area contributed by atoms with Gasteiger partial charge in [0.15, 0.2) is 0 Å². The molecular weight excluding hydrogens is 292 g/mol. The van der Waals surface area contributed by atoms with Crippen molar-refractivity contribution in [2.45, 2.75) is 37.9 Å². The fourth-order valence-corrected chi connectivity index (χ4v) is 2.99. The van der Waals surface area contributed by atoms with Crippen molar-refractivity contribution in [3.05, 3.63) is 34.9 Å². The molecule has 1 aliphatic rings. The fourth-order valence-electron chi connectivity index (χ4n) is 2.09. The quantitative estimate of drug-likeness (QED) is 0.835. The van der Waals surface area contributed by atoms with E-state index in [0.29, 0.717) is 5.75 Å². The fraction of sp³-hybridized carbons (Fsp3) is 0.467. The third-order valence-electron chi connectivity index (χ3n) is 3.18. The molecule has 0 saturated heterocycles. The van der Waals surface area contributed by atoms with Gasteiger partial charge in [-0.1, -0.05) is 30.2 Å². The predicted molar refractivity (Wildman–Crippen MR) is 86.3 cm³/mol. The SMILES string of the molecule is O=C(CSCc1ccc(Cl)cc1)NN=C1CCCCC1. The van der Waals surface area contributed by atoms with Crippen LogP contribution in [0.1, 0.15) is 37.7 Å². The summed E-state index contributed by atoms with van der Waals surface area (Å²) in [5.74, 6) is 1.21. The summed E-state index contributed by atoms with van der Waals surface area (Å²) in [5, 5.41) is 4.94. The smallest absolute Gasteiger partial charge is 0.250 e. The number of halogens is 1. The normalized spacial score (nSPS) is 14.9. The average Bonchev–Trinajstić information content (AvgIpc) is 2.48. The van der Waals surface area contributed by atoms with Crippen LogP contribution in [0.3, 0.4) is 0 Å². The van der Waals surface area contributed by atoms with E-state index >= 15 is 0 Å². The molecule has 0 radical (unpaired) electrons. The van der Waals surface area contributed by atoms with Crippen LogP contribution in [0, 0.1) is 0 Å². The number of hydrazone groups is 1. The highest BCUT2D eigenvalue weighted by Crippen LogP contribution is 2.16. The Kier molecular flexibility index (Phi) is 6.40. The van der Waals surface area contributed by atoms with Crippen LogP contribution in [-0.2, 0) is 10.5 Å². The molecule has 0 unspecified atom stereocenters. The van der Waals surface area contributed by atoms with E-state index in [1.165, 1.54) is 24.8 Å². The number of carbonyl (C=O) groups is 1. The number of nitrogens with zero attached hydrogens (tertiary/aromatic N) is 1. The Bertz CT molecular complexity index is 465. The van der Waals surface area contributed by atoms with Gasteiger partial charge in [-0.25, -0.2) is 5.43 Å². The van der Waals surface area contributed by atoms with Crippen LogP contribution >= 0.6 is 23.4 Å². The van der Waals surface area contributed by atoms with E-state index in [9.17, 15) is 4.79 Å². The molecule has 0 aliphatic heterocycles. The maximum Gasteiger partial charge on any atom is 0.250 e. The molecule has 0 bridgehead atoms. The number of nitrogens with one attached hydrogen (secondary N) is 1. The molecule has 1 aliphatic carbocycles. The van der Waals surface area contributed by atoms with Gasteiger partial charge < -0.3 is 0 Å². The molecule has 2 rings (SSSR count). The lowest BCUT2D eigenvalue weighted by molar-refractivity contribution is -0.118. The van der Waals surface area contributed by atoms with Crippen LogP contribution in [-0.4, -0.2) is 17.4 Å². The minimum Gasteiger partial charge on any atom is -0.272 e. The highest BCUT2D eigenvalue weighted by Gasteiger charge is 2.07. The number of thioether (sulfide) groups is 1. The van der Waals surface area contributed by atoms with E-state index in [-0.39, 0.29) is 5.91 Å². The molecule has 0 atom stereocenters. The number of hydrogen-bond acceptors (Lipinski definition) is 3. The lowest BCUT2D eigenvalue weighted by Crippen LogP contribution is -2.22. The molecule has 1 aromatic rings. The first-order valence-corrected chi connectivity index (χ1v) is 8.44. The van der Waals surface area contributed by atoms with E-state index in [2.05, 4.69) is 10.5 Å². The third kappa shape index (κ3) is 5.55. The molecule has 1 aromatic carbocycles. The molecule has 0 spiro atoms. The molecular formula is C15H19ClN2OS. The Labute approximate surface area is 129 Å². The molecule has 1 saturated carbocycles. The molecule has 5 heteroatoms. The van der Waals surface area contributed by atoms with Crippen LogP contribution in [0.4, 0.5) is 0 Å². The Balaban J connectivity index is 1.66. The second kappa shape index (κ2) is 8.32. The van der Waals surface area contributed by atoms with Crippen molar-refractivity contribution in [2.24, 2.45) is 5.10 Å². The van der Waals surface area contributed by atoms with Crippen LogP contribution in [0.15, 0.2) is 29.4 Å². The summed E-state index contributed by atoms with van der Waals surface area (Å²) in [4.78, 5) is 11.7. The zero-order valence-corrected chi connectivity index (χ0v) is 13.0. The monoisotopic (exact) mass is 310 g/mol. The van der Waals surface area contributed by atoms with Gasteiger partial charge in [0.2, 0.25) is 5.91 Å². The molecule has 3 nitrogen and oxygen atoms in total. The van der Waals surface area contributed by atoms with Crippen LogP contribution in [0.5, 0.6) is 0 Å². The van der Waals surface area contributed by atoms with E-state index in [4.69, 9.17) is 11.6 Å². The van der Waals surface area contributed by atoms with Crippen molar-refractivity contribution in [3.8, 4) is 0 Å². The van der Waals surface area contributed by atoms with Crippen molar-refractivity contribution >= 4 is 35.0 Å². The number of hydrogen-bond donors (Lipinski definition) is 1. The van der Waals surface area contributed by atoms with Gasteiger partial charge in [-0.3, -0.25) is 4.79 Å². The van der Waals surface area contributed by atoms with E-state index in [1.54, 1.807) is 11.8 Å². The first kappa shape index (κ1) is 15.4. The van der Waals surface area contributed by atoms with Gasteiger partial charge in [-0.05, 0) is 43.4 Å². The highest BCUT2D eigenvalue weighted by atomic mass is 35.5.